The maximum absolute atomic E-state index is 5.85. The first-order valence-corrected chi connectivity index (χ1v) is 6.35. The van der Waals surface area contributed by atoms with E-state index in [0.717, 1.165) is 21.7 Å². The lowest BCUT2D eigenvalue weighted by molar-refractivity contribution is 0.416. The van der Waals surface area contributed by atoms with Crippen molar-refractivity contribution in [3.63, 3.8) is 0 Å². The summed E-state index contributed by atoms with van der Waals surface area (Å²) in [5.41, 5.74) is 3.15. The van der Waals surface area contributed by atoms with Gasteiger partial charge in [-0.15, -0.1) is 0 Å². The van der Waals surface area contributed by atoms with E-state index < -0.39 is 0 Å². The maximum atomic E-state index is 5.85. The number of thiocarbonyl (C=S) groups is 1. The minimum atomic E-state index is 0.520. The highest BCUT2D eigenvalue weighted by molar-refractivity contribution is 7.80. The van der Waals surface area contributed by atoms with E-state index >= 15 is 0 Å². The summed E-state index contributed by atoms with van der Waals surface area (Å²) in [6.45, 7) is 0. The molecule has 1 nitrogen and oxygen atoms in total. The molecule has 0 aliphatic heterocycles. The summed E-state index contributed by atoms with van der Waals surface area (Å²) in [5.74, 6) is 0. The Balaban J connectivity index is 2.44. The third-order valence-electron chi connectivity index (χ3n) is 2.22. The van der Waals surface area contributed by atoms with Crippen molar-refractivity contribution in [2.45, 2.75) is 0 Å². The van der Waals surface area contributed by atoms with Crippen molar-refractivity contribution in [3.05, 3.63) is 45.6 Å². The number of methoxy groups -OCH3 is 1. The molecule has 1 aromatic heterocycles. The third-order valence-corrected chi connectivity index (χ3v) is 3.60. The molecule has 0 unspecified atom stereocenters. The van der Waals surface area contributed by atoms with Crippen LogP contribution in [0.5, 0.6) is 0 Å². The molecule has 16 heavy (non-hydrogen) atoms. The molecular formula is C12H9ClOS2. The van der Waals surface area contributed by atoms with Crippen molar-refractivity contribution >= 4 is 40.2 Å². The van der Waals surface area contributed by atoms with Gasteiger partial charge in [-0.25, -0.2) is 0 Å². The molecule has 0 N–H and O–H groups in total. The molecule has 0 saturated carbocycles. The number of thiophene rings is 1. The molecule has 1 aromatic carbocycles. The number of ether oxygens (including phenoxy) is 1. The molecule has 0 radical (unpaired) electrons. The summed E-state index contributed by atoms with van der Waals surface area (Å²) in [5, 5.41) is 5.31. The van der Waals surface area contributed by atoms with E-state index in [1.807, 2.05) is 29.6 Å². The van der Waals surface area contributed by atoms with Crippen molar-refractivity contribution in [2.24, 2.45) is 0 Å². The molecular weight excluding hydrogens is 260 g/mol. The first-order chi connectivity index (χ1) is 7.72. The highest BCUT2D eigenvalue weighted by Crippen LogP contribution is 2.29. The number of benzene rings is 1. The van der Waals surface area contributed by atoms with Gasteiger partial charge < -0.3 is 4.74 Å². The topological polar surface area (TPSA) is 9.23 Å². The van der Waals surface area contributed by atoms with Crippen molar-refractivity contribution in [1.29, 1.82) is 0 Å². The first-order valence-electron chi connectivity index (χ1n) is 4.63. The van der Waals surface area contributed by atoms with Gasteiger partial charge in [0.1, 0.15) is 0 Å². The van der Waals surface area contributed by atoms with Gasteiger partial charge in [0.05, 0.1) is 7.11 Å². The van der Waals surface area contributed by atoms with E-state index in [9.17, 15) is 0 Å². The predicted octanol–water partition coefficient (Wildman–Crippen LogP) is 4.39. The van der Waals surface area contributed by atoms with Crippen LogP contribution in [-0.4, -0.2) is 12.2 Å². The largest absolute Gasteiger partial charge is 0.486 e. The van der Waals surface area contributed by atoms with Crippen molar-refractivity contribution in [1.82, 2.24) is 0 Å². The van der Waals surface area contributed by atoms with Gasteiger partial charge in [0, 0.05) is 21.5 Å². The zero-order valence-electron chi connectivity index (χ0n) is 8.57. The Morgan fingerprint density at radius 2 is 1.94 bits per heavy atom. The Morgan fingerprint density at radius 3 is 2.56 bits per heavy atom. The molecule has 0 atom stereocenters. The summed E-state index contributed by atoms with van der Waals surface area (Å²) in [4.78, 5) is 0. The molecule has 1 heterocycles. The molecule has 0 bridgehead atoms. The number of halogens is 1. The van der Waals surface area contributed by atoms with Gasteiger partial charge in [-0.2, -0.15) is 11.3 Å². The Morgan fingerprint density at radius 1 is 1.25 bits per heavy atom. The molecule has 2 rings (SSSR count). The summed E-state index contributed by atoms with van der Waals surface area (Å²) >= 11 is 12.6. The highest BCUT2D eigenvalue weighted by Gasteiger charge is 2.10. The fourth-order valence-corrected chi connectivity index (χ4v) is 2.62. The van der Waals surface area contributed by atoms with E-state index in [1.165, 1.54) is 0 Å². The molecule has 0 amide bonds. The van der Waals surface area contributed by atoms with Gasteiger partial charge in [0.25, 0.3) is 0 Å². The quantitative estimate of drug-likeness (QED) is 0.747. The lowest BCUT2D eigenvalue weighted by atomic mass is 10.1. The van der Waals surface area contributed by atoms with Crippen LogP contribution < -0.4 is 0 Å². The standard InChI is InChI=1S/C12H9ClOS2/c1-14-12(15)11-7-16-6-10(11)8-2-4-9(13)5-3-8/h2-7H,1H3. The Bertz CT molecular complexity index is 502. The third kappa shape index (κ3) is 2.26. The average Bonchev–Trinajstić information content (AvgIpc) is 2.78. The van der Waals surface area contributed by atoms with Gasteiger partial charge in [-0.3, -0.25) is 0 Å². The minimum Gasteiger partial charge on any atom is -0.486 e. The van der Waals surface area contributed by atoms with Crippen LogP contribution in [0.1, 0.15) is 5.56 Å². The predicted molar refractivity (Wildman–Crippen MR) is 73.5 cm³/mol. The minimum absolute atomic E-state index is 0.520. The van der Waals surface area contributed by atoms with Crippen LogP contribution >= 0.6 is 35.2 Å². The fourth-order valence-electron chi connectivity index (χ4n) is 1.42. The highest BCUT2D eigenvalue weighted by atomic mass is 35.5. The van der Waals surface area contributed by atoms with Crippen LogP contribution in [0.2, 0.25) is 5.02 Å². The Kier molecular flexibility index (Phi) is 3.59. The van der Waals surface area contributed by atoms with Gasteiger partial charge in [-0.1, -0.05) is 23.7 Å². The number of hydrogen-bond acceptors (Lipinski definition) is 3. The second kappa shape index (κ2) is 4.95. The van der Waals surface area contributed by atoms with Crippen molar-refractivity contribution < 1.29 is 4.74 Å². The maximum Gasteiger partial charge on any atom is 0.192 e. The molecule has 82 valence electrons. The zero-order chi connectivity index (χ0) is 11.5. The SMILES string of the molecule is COC(=S)c1cscc1-c1ccc(Cl)cc1. The lowest BCUT2D eigenvalue weighted by Crippen LogP contribution is -1.99. The summed E-state index contributed by atoms with van der Waals surface area (Å²) in [7, 11) is 1.59. The van der Waals surface area contributed by atoms with Crippen LogP contribution in [0.15, 0.2) is 35.0 Å². The van der Waals surface area contributed by atoms with Gasteiger partial charge >= 0.3 is 0 Å². The van der Waals surface area contributed by atoms with E-state index in [-0.39, 0.29) is 0 Å². The van der Waals surface area contributed by atoms with Crippen molar-refractivity contribution in [2.75, 3.05) is 7.11 Å². The normalized spacial score (nSPS) is 10.1. The average molecular weight is 269 g/mol. The van der Waals surface area contributed by atoms with Crippen LogP contribution in [0.3, 0.4) is 0 Å². The van der Waals surface area contributed by atoms with E-state index in [2.05, 4.69) is 5.38 Å². The van der Waals surface area contributed by atoms with E-state index in [4.69, 9.17) is 28.6 Å². The summed E-state index contributed by atoms with van der Waals surface area (Å²) in [6.07, 6.45) is 0. The van der Waals surface area contributed by atoms with Gasteiger partial charge in [0.15, 0.2) is 5.05 Å². The number of rotatable bonds is 2. The van der Waals surface area contributed by atoms with Crippen LogP contribution in [-0.2, 0) is 4.74 Å². The number of hydrogen-bond donors (Lipinski definition) is 0. The van der Waals surface area contributed by atoms with Crippen LogP contribution in [0, 0.1) is 0 Å². The first kappa shape index (κ1) is 11.6. The monoisotopic (exact) mass is 268 g/mol. The molecule has 0 saturated heterocycles. The van der Waals surface area contributed by atoms with Crippen LogP contribution in [0.4, 0.5) is 0 Å². The molecule has 0 aliphatic carbocycles. The molecule has 0 aliphatic rings. The van der Waals surface area contributed by atoms with Crippen LogP contribution in [0.25, 0.3) is 11.1 Å². The molecule has 4 heteroatoms. The molecule has 0 spiro atoms. The second-order valence-corrected chi connectivity index (χ2v) is 4.75. The molecule has 0 fully saturated rings. The molecule has 2 aromatic rings. The Labute approximate surface area is 109 Å². The summed E-state index contributed by atoms with van der Waals surface area (Å²) in [6, 6.07) is 7.70. The second-order valence-electron chi connectivity index (χ2n) is 3.20. The summed E-state index contributed by atoms with van der Waals surface area (Å²) < 4.78 is 5.09. The smallest absolute Gasteiger partial charge is 0.192 e. The Hall–Kier alpha value is -0.900. The lowest BCUT2D eigenvalue weighted by Gasteiger charge is -2.04. The zero-order valence-corrected chi connectivity index (χ0v) is 11.0. The van der Waals surface area contributed by atoms with Gasteiger partial charge in [0.2, 0.25) is 0 Å². The van der Waals surface area contributed by atoms with E-state index in [0.29, 0.717) is 5.05 Å². The van der Waals surface area contributed by atoms with E-state index in [1.54, 1.807) is 18.4 Å². The van der Waals surface area contributed by atoms with Crippen molar-refractivity contribution in [3.8, 4) is 11.1 Å². The van der Waals surface area contributed by atoms with Gasteiger partial charge in [-0.05, 0) is 35.3 Å². The fraction of sp³-hybridized carbons (Fsp3) is 0.0833.